The fraction of sp³-hybridized carbons (Fsp3) is 0.0833. The summed E-state index contributed by atoms with van der Waals surface area (Å²) in [5.74, 6) is 0.104. The van der Waals surface area contributed by atoms with Crippen LogP contribution in [0.4, 0.5) is 9.93 Å². The lowest BCUT2D eigenvalue weighted by Gasteiger charge is -2.12. The SMILES string of the molecule is O=C(Nc1nc(CCN2C(=O)c3ccccc3C2=O)cs1)Oc1cnc(-c2ccccc2)nc1. The van der Waals surface area contributed by atoms with Gasteiger partial charge >= 0.3 is 6.09 Å². The third kappa shape index (κ3) is 4.39. The van der Waals surface area contributed by atoms with E-state index in [2.05, 4.69) is 20.3 Å². The molecule has 4 aromatic rings. The van der Waals surface area contributed by atoms with Gasteiger partial charge in [0, 0.05) is 23.9 Å². The van der Waals surface area contributed by atoms with Gasteiger partial charge in [0.15, 0.2) is 16.7 Å². The maximum Gasteiger partial charge on any atom is 0.419 e. The second-order valence-electron chi connectivity index (χ2n) is 7.32. The van der Waals surface area contributed by atoms with Gasteiger partial charge in [-0.1, -0.05) is 42.5 Å². The van der Waals surface area contributed by atoms with Crippen molar-refractivity contribution < 1.29 is 19.1 Å². The first-order valence-electron chi connectivity index (χ1n) is 10.3. The highest BCUT2D eigenvalue weighted by molar-refractivity contribution is 7.13. The second-order valence-corrected chi connectivity index (χ2v) is 8.18. The quantitative estimate of drug-likeness (QED) is 0.422. The second kappa shape index (κ2) is 9.20. The topological polar surface area (TPSA) is 114 Å². The van der Waals surface area contributed by atoms with Crippen LogP contribution in [-0.2, 0) is 6.42 Å². The highest BCUT2D eigenvalue weighted by Crippen LogP contribution is 2.23. The maximum atomic E-state index is 12.5. The van der Waals surface area contributed by atoms with Crippen molar-refractivity contribution in [2.75, 3.05) is 11.9 Å². The van der Waals surface area contributed by atoms with E-state index >= 15 is 0 Å². The number of fused-ring (bicyclic) bond motifs is 1. The fourth-order valence-corrected chi connectivity index (χ4v) is 4.20. The van der Waals surface area contributed by atoms with Crippen LogP contribution in [0.1, 0.15) is 26.4 Å². The number of carbonyl (C=O) groups is 3. The van der Waals surface area contributed by atoms with E-state index < -0.39 is 6.09 Å². The molecule has 3 heterocycles. The molecule has 2 aromatic heterocycles. The number of anilines is 1. The standard InChI is InChI=1S/C24H17N5O4S/c30-21-18-8-4-5-9-19(18)22(31)29(21)11-10-16-14-34-23(27-16)28-24(32)33-17-12-25-20(26-13-17)15-6-2-1-3-7-15/h1-9,12-14H,10-11H2,(H,27,28,32). The fourth-order valence-electron chi connectivity index (χ4n) is 3.47. The summed E-state index contributed by atoms with van der Waals surface area (Å²) < 4.78 is 5.22. The molecule has 3 amide bonds. The predicted octanol–water partition coefficient (Wildman–Crippen LogP) is 4.05. The average molecular weight is 471 g/mol. The minimum atomic E-state index is -0.725. The largest absolute Gasteiger partial charge is 0.419 e. The highest BCUT2D eigenvalue weighted by atomic mass is 32.1. The van der Waals surface area contributed by atoms with Gasteiger partial charge in [0.1, 0.15) is 0 Å². The van der Waals surface area contributed by atoms with Crippen LogP contribution in [0.3, 0.4) is 0 Å². The Morgan fingerprint density at radius 2 is 1.59 bits per heavy atom. The lowest BCUT2D eigenvalue weighted by Crippen LogP contribution is -2.31. The number of aromatic nitrogens is 3. The number of hydrogen-bond donors (Lipinski definition) is 1. The molecular formula is C24H17N5O4S. The first kappa shape index (κ1) is 21.4. The van der Waals surface area contributed by atoms with E-state index in [-0.39, 0.29) is 24.1 Å². The lowest BCUT2D eigenvalue weighted by atomic mass is 10.1. The normalized spacial score (nSPS) is 12.5. The summed E-state index contributed by atoms with van der Waals surface area (Å²) in [6, 6.07) is 16.2. The summed E-state index contributed by atoms with van der Waals surface area (Å²) in [6.45, 7) is 0.199. The van der Waals surface area contributed by atoms with Crippen molar-refractivity contribution in [1.82, 2.24) is 19.9 Å². The molecule has 0 fully saturated rings. The van der Waals surface area contributed by atoms with Crippen molar-refractivity contribution in [2.45, 2.75) is 6.42 Å². The first-order chi connectivity index (χ1) is 16.6. The van der Waals surface area contributed by atoms with Crippen molar-refractivity contribution in [3.63, 3.8) is 0 Å². The summed E-state index contributed by atoms with van der Waals surface area (Å²) in [7, 11) is 0. The van der Waals surface area contributed by atoms with Gasteiger partial charge in [-0.25, -0.2) is 19.7 Å². The van der Waals surface area contributed by atoms with E-state index in [1.165, 1.54) is 28.6 Å². The molecule has 0 radical (unpaired) electrons. The molecular weight excluding hydrogens is 454 g/mol. The maximum absolute atomic E-state index is 12.5. The van der Waals surface area contributed by atoms with E-state index in [0.717, 1.165) is 5.56 Å². The van der Waals surface area contributed by atoms with Gasteiger partial charge in [0.25, 0.3) is 11.8 Å². The number of nitrogens with zero attached hydrogens (tertiary/aromatic N) is 4. The van der Waals surface area contributed by atoms with Crippen LogP contribution in [0.25, 0.3) is 11.4 Å². The molecule has 0 aliphatic carbocycles. The Morgan fingerprint density at radius 1 is 0.941 bits per heavy atom. The minimum absolute atomic E-state index is 0.194. The number of benzene rings is 2. The Kier molecular flexibility index (Phi) is 5.79. The van der Waals surface area contributed by atoms with Gasteiger partial charge in [0.2, 0.25) is 0 Å². The number of thiazole rings is 1. The zero-order valence-corrected chi connectivity index (χ0v) is 18.5. The molecule has 0 spiro atoms. The number of rotatable bonds is 6. The molecule has 34 heavy (non-hydrogen) atoms. The van der Waals surface area contributed by atoms with Crippen LogP contribution >= 0.6 is 11.3 Å². The number of ether oxygens (including phenoxy) is 1. The van der Waals surface area contributed by atoms with E-state index in [9.17, 15) is 14.4 Å². The molecule has 9 nitrogen and oxygen atoms in total. The highest BCUT2D eigenvalue weighted by Gasteiger charge is 2.34. The molecule has 0 saturated carbocycles. The number of amides is 3. The Morgan fingerprint density at radius 3 is 2.26 bits per heavy atom. The Bertz CT molecular complexity index is 1340. The predicted molar refractivity (Wildman–Crippen MR) is 125 cm³/mol. The zero-order chi connectivity index (χ0) is 23.5. The van der Waals surface area contributed by atoms with Crippen molar-refractivity contribution in [3.05, 3.63) is 89.2 Å². The molecule has 0 atom stereocenters. The van der Waals surface area contributed by atoms with E-state index in [1.807, 2.05) is 30.3 Å². The van der Waals surface area contributed by atoms with Crippen LogP contribution in [-0.4, -0.2) is 44.3 Å². The number of imide groups is 1. The van der Waals surface area contributed by atoms with Crippen LogP contribution in [0.2, 0.25) is 0 Å². The molecule has 0 bridgehead atoms. The minimum Gasteiger partial charge on any atom is -0.407 e. The molecule has 1 aliphatic rings. The smallest absolute Gasteiger partial charge is 0.407 e. The van der Waals surface area contributed by atoms with Gasteiger partial charge in [-0.3, -0.25) is 19.8 Å². The van der Waals surface area contributed by atoms with Crippen molar-refractivity contribution in [2.24, 2.45) is 0 Å². The van der Waals surface area contributed by atoms with Crippen LogP contribution in [0, 0.1) is 0 Å². The van der Waals surface area contributed by atoms with Crippen molar-refractivity contribution in [1.29, 1.82) is 0 Å². The molecule has 5 rings (SSSR count). The van der Waals surface area contributed by atoms with E-state index in [0.29, 0.717) is 34.2 Å². The van der Waals surface area contributed by atoms with Crippen LogP contribution in [0.15, 0.2) is 72.4 Å². The van der Waals surface area contributed by atoms with Crippen molar-refractivity contribution in [3.8, 4) is 17.1 Å². The summed E-state index contributed by atoms with van der Waals surface area (Å²) in [5, 5.41) is 4.65. The van der Waals surface area contributed by atoms with Crippen molar-refractivity contribution >= 4 is 34.4 Å². The zero-order valence-electron chi connectivity index (χ0n) is 17.7. The Hall–Kier alpha value is -4.44. The number of carbonyl (C=O) groups excluding carboxylic acids is 3. The Labute approximate surface area is 198 Å². The first-order valence-corrected chi connectivity index (χ1v) is 11.2. The summed E-state index contributed by atoms with van der Waals surface area (Å²) in [4.78, 5) is 51.1. The summed E-state index contributed by atoms with van der Waals surface area (Å²) in [6.07, 6.45) is 2.49. The van der Waals surface area contributed by atoms with Gasteiger partial charge in [-0.2, -0.15) is 0 Å². The molecule has 1 aliphatic heterocycles. The molecule has 10 heteroatoms. The van der Waals surface area contributed by atoms with Crippen LogP contribution < -0.4 is 10.1 Å². The summed E-state index contributed by atoms with van der Waals surface area (Å²) >= 11 is 1.22. The van der Waals surface area contributed by atoms with Crippen LogP contribution in [0.5, 0.6) is 5.75 Å². The van der Waals surface area contributed by atoms with Gasteiger partial charge in [-0.15, -0.1) is 11.3 Å². The lowest BCUT2D eigenvalue weighted by molar-refractivity contribution is 0.0656. The molecule has 168 valence electrons. The number of nitrogens with one attached hydrogen (secondary N) is 1. The molecule has 0 unspecified atom stereocenters. The van der Waals surface area contributed by atoms with Gasteiger partial charge in [-0.05, 0) is 12.1 Å². The monoisotopic (exact) mass is 471 g/mol. The van der Waals surface area contributed by atoms with Gasteiger partial charge in [0.05, 0.1) is 29.2 Å². The average Bonchev–Trinajstić information content (AvgIpc) is 3.41. The van der Waals surface area contributed by atoms with E-state index in [1.54, 1.807) is 29.6 Å². The third-order valence-electron chi connectivity index (χ3n) is 5.10. The van der Waals surface area contributed by atoms with Gasteiger partial charge < -0.3 is 4.74 Å². The molecule has 2 aromatic carbocycles. The molecule has 0 saturated heterocycles. The Balaban J connectivity index is 1.15. The number of hydrogen-bond acceptors (Lipinski definition) is 8. The third-order valence-corrected chi connectivity index (χ3v) is 5.91. The summed E-state index contributed by atoms with van der Waals surface area (Å²) in [5.41, 5.74) is 2.33. The molecule has 1 N–H and O–H groups in total. The van der Waals surface area contributed by atoms with E-state index in [4.69, 9.17) is 4.74 Å².